The zero-order valence-corrected chi connectivity index (χ0v) is 12.6. The minimum Gasteiger partial charge on any atom is -0.369 e. The highest BCUT2D eigenvalue weighted by Gasteiger charge is 2.27. The first-order chi connectivity index (χ1) is 10.1. The zero-order valence-electron chi connectivity index (χ0n) is 11.8. The van der Waals surface area contributed by atoms with Gasteiger partial charge in [-0.05, 0) is 36.4 Å². The van der Waals surface area contributed by atoms with Crippen molar-refractivity contribution in [3.8, 4) is 0 Å². The maximum absolute atomic E-state index is 5.40. The molecule has 0 radical (unpaired) electrons. The van der Waals surface area contributed by atoms with Gasteiger partial charge < -0.3 is 11.5 Å². The molecule has 1 aliphatic carbocycles. The van der Waals surface area contributed by atoms with Gasteiger partial charge in [-0.2, -0.15) is 5.10 Å². The molecule has 1 aliphatic rings. The lowest BCUT2D eigenvalue weighted by Crippen LogP contribution is -2.24. The van der Waals surface area contributed by atoms with Crippen molar-refractivity contribution in [3.05, 3.63) is 51.5 Å². The number of guanidine groups is 1. The van der Waals surface area contributed by atoms with Gasteiger partial charge in [0.15, 0.2) is 0 Å². The van der Waals surface area contributed by atoms with E-state index in [9.17, 15) is 0 Å². The molecule has 3 rings (SSSR count). The smallest absolute Gasteiger partial charge is 0.211 e. The van der Waals surface area contributed by atoms with Crippen molar-refractivity contribution in [2.45, 2.75) is 25.7 Å². The molecule has 1 unspecified atom stereocenters. The predicted octanol–water partition coefficient (Wildman–Crippen LogP) is 2.16. The van der Waals surface area contributed by atoms with Crippen LogP contribution in [-0.4, -0.2) is 16.7 Å². The lowest BCUT2D eigenvalue weighted by molar-refractivity contribution is 0.689. The van der Waals surface area contributed by atoms with Crippen LogP contribution in [0.3, 0.4) is 0 Å². The predicted molar refractivity (Wildman–Crippen MR) is 86.7 cm³/mol. The van der Waals surface area contributed by atoms with E-state index in [1.165, 1.54) is 4.88 Å². The van der Waals surface area contributed by atoms with Gasteiger partial charge in [-0.15, -0.1) is 16.4 Å². The molecule has 5 nitrogen and oxygen atoms in total. The average molecular weight is 299 g/mol. The maximum atomic E-state index is 5.40. The molecule has 6 heteroatoms. The maximum Gasteiger partial charge on any atom is 0.211 e. The minimum absolute atomic E-state index is 0.0242. The van der Waals surface area contributed by atoms with Crippen LogP contribution in [0.25, 0.3) is 0 Å². The van der Waals surface area contributed by atoms with E-state index in [2.05, 4.69) is 39.6 Å². The van der Waals surface area contributed by atoms with E-state index in [4.69, 9.17) is 11.5 Å². The summed E-state index contributed by atoms with van der Waals surface area (Å²) < 4.78 is 0. The number of aromatic nitrogens is 1. The van der Waals surface area contributed by atoms with Gasteiger partial charge in [0.25, 0.3) is 0 Å². The molecule has 0 bridgehead atoms. The van der Waals surface area contributed by atoms with E-state index >= 15 is 0 Å². The van der Waals surface area contributed by atoms with E-state index in [1.807, 2.05) is 12.3 Å². The lowest BCUT2D eigenvalue weighted by Gasteiger charge is -2.25. The average Bonchev–Trinajstić information content (AvgIpc) is 2.98. The summed E-state index contributed by atoms with van der Waals surface area (Å²) in [5, 5.41) is 10.2. The number of rotatable bonds is 2. The Morgan fingerprint density at radius 3 is 2.90 bits per heavy atom. The molecule has 2 aromatic heterocycles. The van der Waals surface area contributed by atoms with Gasteiger partial charge in [-0.1, -0.05) is 6.07 Å². The summed E-state index contributed by atoms with van der Waals surface area (Å²) in [5.41, 5.74) is 15.0. The third-order valence-corrected chi connectivity index (χ3v) is 4.67. The molecule has 0 saturated heterocycles. The largest absolute Gasteiger partial charge is 0.369 e. The highest BCUT2D eigenvalue weighted by atomic mass is 32.1. The van der Waals surface area contributed by atoms with Crippen LogP contribution in [0.15, 0.2) is 40.0 Å². The van der Waals surface area contributed by atoms with Crippen molar-refractivity contribution >= 4 is 23.0 Å². The van der Waals surface area contributed by atoms with E-state index in [-0.39, 0.29) is 5.96 Å². The number of fused-ring (bicyclic) bond motifs is 1. The highest BCUT2D eigenvalue weighted by Crippen LogP contribution is 2.35. The van der Waals surface area contributed by atoms with Crippen LogP contribution in [-0.2, 0) is 6.42 Å². The topological polar surface area (TPSA) is 89.6 Å². The molecule has 2 aromatic rings. The summed E-state index contributed by atoms with van der Waals surface area (Å²) in [6.07, 6.45) is 3.61. The van der Waals surface area contributed by atoms with Crippen molar-refractivity contribution < 1.29 is 0 Å². The van der Waals surface area contributed by atoms with Crippen LogP contribution in [0.4, 0.5) is 0 Å². The number of nitrogens with two attached hydrogens (primary N) is 2. The van der Waals surface area contributed by atoms with Crippen LogP contribution >= 0.6 is 11.3 Å². The molecule has 0 aromatic carbocycles. The molecule has 0 fully saturated rings. The Morgan fingerprint density at radius 2 is 2.19 bits per heavy atom. The monoisotopic (exact) mass is 299 g/mol. The van der Waals surface area contributed by atoms with Crippen molar-refractivity contribution in [1.29, 1.82) is 0 Å². The summed E-state index contributed by atoms with van der Waals surface area (Å²) >= 11 is 1.77. The van der Waals surface area contributed by atoms with Crippen LogP contribution in [0.1, 0.15) is 34.0 Å². The first-order valence-electron chi connectivity index (χ1n) is 6.79. The molecular weight excluding hydrogens is 282 g/mol. The molecule has 21 heavy (non-hydrogen) atoms. The first-order valence-corrected chi connectivity index (χ1v) is 7.67. The lowest BCUT2D eigenvalue weighted by atomic mass is 9.83. The van der Waals surface area contributed by atoms with Gasteiger partial charge in [-0.25, -0.2) is 0 Å². The minimum atomic E-state index is -0.0242. The molecule has 0 aliphatic heterocycles. The fourth-order valence-corrected chi connectivity index (χ4v) is 3.57. The number of aryl methyl sites for hydroxylation is 1. The van der Waals surface area contributed by atoms with E-state index in [1.54, 1.807) is 11.3 Å². The summed E-state index contributed by atoms with van der Waals surface area (Å²) in [7, 11) is 0. The summed E-state index contributed by atoms with van der Waals surface area (Å²) in [6.45, 7) is 2.07. The number of hydrogen-bond acceptors (Lipinski definition) is 4. The summed E-state index contributed by atoms with van der Waals surface area (Å²) in [4.78, 5) is 5.88. The highest BCUT2D eigenvalue weighted by molar-refractivity contribution is 7.10. The molecule has 0 spiro atoms. The standard InChI is InChI=1S/C15H17N5S/c1-9-4-5-18-11-7-10(13-3-2-6-21-13)8-12(14(9)11)19-20-15(16)17/h2-6,10H,7-8H2,1H3,(H4,16,17,20)/b19-12-. The number of pyridine rings is 1. The van der Waals surface area contributed by atoms with Gasteiger partial charge >= 0.3 is 0 Å². The Morgan fingerprint density at radius 1 is 1.33 bits per heavy atom. The molecular formula is C15H17N5S. The quantitative estimate of drug-likeness (QED) is 0.506. The van der Waals surface area contributed by atoms with Gasteiger partial charge in [-0.3, -0.25) is 4.98 Å². The molecule has 2 heterocycles. The van der Waals surface area contributed by atoms with Crippen molar-refractivity contribution in [2.75, 3.05) is 0 Å². The third kappa shape index (κ3) is 2.80. The van der Waals surface area contributed by atoms with E-state index in [0.29, 0.717) is 5.92 Å². The molecule has 0 saturated carbocycles. The zero-order chi connectivity index (χ0) is 14.8. The van der Waals surface area contributed by atoms with Crippen LogP contribution in [0.2, 0.25) is 0 Å². The molecule has 4 N–H and O–H groups in total. The summed E-state index contributed by atoms with van der Waals surface area (Å²) in [6, 6.07) is 6.23. The second-order valence-electron chi connectivity index (χ2n) is 5.14. The van der Waals surface area contributed by atoms with Crippen LogP contribution < -0.4 is 11.5 Å². The Hall–Kier alpha value is -2.21. The third-order valence-electron chi connectivity index (χ3n) is 3.64. The van der Waals surface area contributed by atoms with Crippen LogP contribution in [0, 0.1) is 6.92 Å². The van der Waals surface area contributed by atoms with E-state index < -0.39 is 0 Å². The Balaban J connectivity index is 2.06. The van der Waals surface area contributed by atoms with Crippen molar-refractivity contribution in [1.82, 2.24) is 4.98 Å². The number of thiophene rings is 1. The second-order valence-corrected chi connectivity index (χ2v) is 6.12. The number of nitrogens with zero attached hydrogens (tertiary/aromatic N) is 3. The van der Waals surface area contributed by atoms with E-state index in [0.717, 1.165) is 35.4 Å². The molecule has 108 valence electrons. The fourth-order valence-electron chi connectivity index (χ4n) is 2.74. The summed E-state index contributed by atoms with van der Waals surface area (Å²) in [5.74, 6) is 0.364. The normalized spacial score (nSPS) is 19.3. The van der Waals surface area contributed by atoms with Crippen LogP contribution in [0.5, 0.6) is 0 Å². The van der Waals surface area contributed by atoms with Gasteiger partial charge in [0.2, 0.25) is 5.96 Å². The second kappa shape index (κ2) is 5.65. The first kappa shape index (κ1) is 13.8. The van der Waals surface area contributed by atoms with Gasteiger partial charge in [0, 0.05) is 29.0 Å². The Bertz CT molecular complexity index is 699. The molecule has 1 atom stereocenters. The fraction of sp³-hybridized carbons (Fsp3) is 0.267. The Labute approximate surface area is 127 Å². The SMILES string of the molecule is Cc1ccnc2c1/C(=N\N=C(N)N)CC(c1cccs1)C2. The number of hydrogen-bond donors (Lipinski definition) is 2. The van der Waals surface area contributed by atoms with Gasteiger partial charge in [0.1, 0.15) is 0 Å². The van der Waals surface area contributed by atoms with Gasteiger partial charge in [0.05, 0.1) is 11.4 Å². The Kier molecular flexibility index (Phi) is 3.70. The van der Waals surface area contributed by atoms with Crippen molar-refractivity contribution in [3.63, 3.8) is 0 Å². The molecule has 0 amide bonds. The van der Waals surface area contributed by atoms with Crippen molar-refractivity contribution in [2.24, 2.45) is 21.7 Å².